The van der Waals surface area contributed by atoms with Crippen molar-refractivity contribution in [2.45, 2.75) is 39.3 Å². The highest BCUT2D eigenvalue weighted by atomic mass is 16.5. The number of hydrogen-bond donors (Lipinski definition) is 1. The van der Waals surface area contributed by atoms with Gasteiger partial charge in [0.25, 0.3) is 0 Å². The summed E-state index contributed by atoms with van der Waals surface area (Å²) in [4.78, 5) is 0. The molecule has 2 aliphatic rings. The van der Waals surface area contributed by atoms with Crippen LogP contribution in [0.15, 0.2) is 24.3 Å². The van der Waals surface area contributed by atoms with Gasteiger partial charge in [0, 0.05) is 24.0 Å². The topological polar surface area (TPSA) is 30.5 Å². The molecule has 3 nitrogen and oxygen atoms in total. The molecule has 1 saturated carbocycles. The molecular formula is C16H23NO2. The highest BCUT2D eigenvalue weighted by Gasteiger charge is 2.59. The van der Waals surface area contributed by atoms with Crippen molar-refractivity contribution in [1.29, 1.82) is 0 Å². The van der Waals surface area contributed by atoms with Crippen LogP contribution in [-0.4, -0.2) is 25.4 Å². The minimum absolute atomic E-state index is 0.195. The van der Waals surface area contributed by atoms with E-state index >= 15 is 0 Å². The van der Waals surface area contributed by atoms with E-state index in [4.69, 9.17) is 9.47 Å². The van der Waals surface area contributed by atoms with E-state index in [9.17, 15) is 0 Å². The summed E-state index contributed by atoms with van der Waals surface area (Å²) in [6.45, 7) is 8.21. The van der Waals surface area contributed by atoms with Crippen molar-refractivity contribution >= 4 is 5.69 Å². The smallest absolute Gasteiger partial charge is 0.142 e. The molecule has 0 spiro atoms. The average Bonchev–Trinajstić information content (AvgIpc) is 2.85. The van der Waals surface area contributed by atoms with Crippen LogP contribution in [0.5, 0.6) is 5.75 Å². The van der Waals surface area contributed by atoms with E-state index in [0.29, 0.717) is 24.7 Å². The lowest BCUT2D eigenvalue weighted by Gasteiger charge is -2.55. The van der Waals surface area contributed by atoms with Crippen LogP contribution < -0.4 is 10.1 Å². The summed E-state index contributed by atoms with van der Waals surface area (Å²) < 4.78 is 11.5. The van der Waals surface area contributed by atoms with Gasteiger partial charge in [-0.2, -0.15) is 0 Å². The van der Waals surface area contributed by atoms with Crippen molar-refractivity contribution in [1.82, 2.24) is 0 Å². The maximum absolute atomic E-state index is 5.84. The first-order valence-electron chi connectivity index (χ1n) is 7.24. The second-order valence-electron chi connectivity index (χ2n) is 6.12. The van der Waals surface area contributed by atoms with Crippen LogP contribution in [0.4, 0.5) is 5.69 Å². The van der Waals surface area contributed by atoms with E-state index < -0.39 is 0 Å². The number of nitrogens with one attached hydrogen (secondary N) is 1. The Morgan fingerprint density at radius 3 is 2.95 bits per heavy atom. The molecule has 19 heavy (non-hydrogen) atoms. The van der Waals surface area contributed by atoms with Gasteiger partial charge in [0.2, 0.25) is 0 Å². The second kappa shape index (κ2) is 4.71. The summed E-state index contributed by atoms with van der Waals surface area (Å²) in [5.74, 6) is 1.59. The summed E-state index contributed by atoms with van der Waals surface area (Å²) in [5, 5.41) is 3.69. The standard InChI is InChI=1S/C16H23NO2/c1-4-18-13-8-6-5-7-12(13)17-14-11-9-10-19-15(11)16(14,2)3/h5-8,11,14-15,17H,4,9-10H2,1-3H3. The molecular weight excluding hydrogens is 238 g/mol. The molecule has 1 aliphatic heterocycles. The molecule has 1 aliphatic carbocycles. The molecule has 3 atom stereocenters. The lowest BCUT2D eigenvalue weighted by atomic mass is 9.57. The molecule has 0 bridgehead atoms. The zero-order valence-electron chi connectivity index (χ0n) is 12.0. The number of anilines is 1. The molecule has 3 unspecified atom stereocenters. The van der Waals surface area contributed by atoms with E-state index in [1.165, 1.54) is 6.42 Å². The monoisotopic (exact) mass is 261 g/mol. The maximum Gasteiger partial charge on any atom is 0.142 e. The van der Waals surface area contributed by atoms with Crippen molar-refractivity contribution in [3.05, 3.63) is 24.3 Å². The highest BCUT2D eigenvalue weighted by molar-refractivity contribution is 5.57. The second-order valence-corrected chi connectivity index (χ2v) is 6.12. The fourth-order valence-corrected chi connectivity index (χ4v) is 3.65. The lowest BCUT2D eigenvalue weighted by molar-refractivity contribution is -0.0923. The minimum atomic E-state index is 0.195. The molecule has 1 heterocycles. The third kappa shape index (κ3) is 2.00. The van der Waals surface area contributed by atoms with E-state index in [1.54, 1.807) is 0 Å². The maximum atomic E-state index is 5.84. The molecule has 1 aromatic rings. The third-order valence-electron chi connectivity index (χ3n) is 4.60. The van der Waals surface area contributed by atoms with Gasteiger partial charge in [-0.15, -0.1) is 0 Å². The van der Waals surface area contributed by atoms with Gasteiger partial charge in [-0.1, -0.05) is 26.0 Å². The zero-order chi connectivity index (χ0) is 13.5. The van der Waals surface area contributed by atoms with Crippen LogP contribution in [0.2, 0.25) is 0 Å². The Morgan fingerprint density at radius 1 is 1.37 bits per heavy atom. The quantitative estimate of drug-likeness (QED) is 0.902. The number of hydrogen-bond acceptors (Lipinski definition) is 3. The van der Waals surface area contributed by atoms with E-state index in [-0.39, 0.29) is 5.41 Å². The Balaban J connectivity index is 1.78. The van der Waals surface area contributed by atoms with Gasteiger partial charge in [0.05, 0.1) is 18.4 Å². The molecule has 1 N–H and O–H groups in total. The summed E-state index contributed by atoms with van der Waals surface area (Å²) >= 11 is 0. The van der Waals surface area contributed by atoms with Crippen molar-refractivity contribution < 1.29 is 9.47 Å². The third-order valence-corrected chi connectivity index (χ3v) is 4.60. The number of rotatable bonds is 4. The van der Waals surface area contributed by atoms with Crippen molar-refractivity contribution in [3.8, 4) is 5.75 Å². The van der Waals surface area contributed by atoms with Crippen LogP contribution in [0.1, 0.15) is 27.2 Å². The van der Waals surface area contributed by atoms with Crippen LogP contribution >= 0.6 is 0 Å². The molecule has 0 radical (unpaired) electrons. The molecule has 1 aromatic carbocycles. The van der Waals surface area contributed by atoms with Crippen LogP contribution in [0, 0.1) is 11.3 Å². The largest absolute Gasteiger partial charge is 0.492 e. The summed E-state index contributed by atoms with van der Waals surface area (Å²) in [6, 6.07) is 8.68. The Hall–Kier alpha value is -1.22. The Kier molecular flexibility index (Phi) is 3.17. The predicted octanol–water partition coefficient (Wildman–Crippen LogP) is 3.31. The normalized spacial score (nSPS) is 31.4. The lowest BCUT2D eigenvalue weighted by Crippen LogP contribution is -2.63. The highest BCUT2D eigenvalue weighted by Crippen LogP contribution is 2.53. The van der Waals surface area contributed by atoms with Crippen molar-refractivity contribution in [2.24, 2.45) is 11.3 Å². The van der Waals surface area contributed by atoms with Gasteiger partial charge < -0.3 is 14.8 Å². The average molecular weight is 261 g/mol. The number of benzene rings is 1. The first-order chi connectivity index (χ1) is 9.14. The van der Waals surface area contributed by atoms with Crippen LogP contribution in [-0.2, 0) is 4.74 Å². The predicted molar refractivity (Wildman–Crippen MR) is 76.6 cm³/mol. The van der Waals surface area contributed by atoms with Crippen molar-refractivity contribution in [3.63, 3.8) is 0 Å². The fraction of sp³-hybridized carbons (Fsp3) is 0.625. The van der Waals surface area contributed by atoms with E-state index in [1.807, 2.05) is 19.1 Å². The van der Waals surface area contributed by atoms with Gasteiger partial charge in [0.15, 0.2) is 0 Å². The summed E-state index contributed by atoms with van der Waals surface area (Å²) in [7, 11) is 0. The fourth-order valence-electron chi connectivity index (χ4n) is 3.65. The van der Waals surface area contributed by atoms with Crippen LogP contribution in [0.25, 0.3) is 0 Å². The van der Waals surface area contributed by atoms with Crippen LogP contribution in [0.3, 0.4) is 0 Å². The number of fused-ring (bicyclic) bond motifs is 1. The first-order valence-corrected chi connectivity index (χ1v) is 7.24. The Labute approximate surface area is 115 Å². The van der Waals surface area contributed by atoms with Gasteiger partial charge in [-0.3, -0.25) is 0 Å². The number of ether oxygens (including phenoxy) is 2. The summed E-state index contributed by atoms with van der Waals surface area (Å²) in [5.41, 5.74) is 1.30. The molecule has 3 heteroatoms. The van der Waals surface area contributed by atoms with Gasteiger partial charge >= 0.3 is 0 Å². The molecule has 0 aromatic heterocycles. The zero-order valence-corrected chi connectivity index (χ0v) is 12.0. The molecule has 0 amide bonds. The van der Waals surface area contributed by atoms with E-state index in [2.05, 4.69) is 31.3 Å². The molecule has 1 saturated heterocycles. The van der Waals surface area contributed by atoms with Gasteiger partial charge in [-0.25, -0.2) is 0 Å². The minimum Gasteiger partial charge on any atom is -0.492 e. The van der Waals surface area contributed by atoms with Crippen molar-refractivity contribution in [2.75, 3.05) is 18.5 Å². The number of para-hydroxylation sites is 2. The SMILES string of the molecule is CCOc1ccccc1NC1C2CCOC2C1(C)C. The summed E-state index contributed by atoms with van der Waals surface area (Å²) in [6.07, 6.45) is 1.59. The Bertz CT molecular complexity index is 458. The first kappa shape index (κ1) is 12.8. The molecule has 2 fully saturated rings. The van der Waals surface area contributed by atoms with Gasteiger partial charge in [0.1, 0.15) is 5.75 Å². The molecule has 3 rings (SSSR count). The Morgan fingerprint density at radius 2 is 2.16 bits per heavy atom. The van der Waals surface area contributed by atoms with Gasteiger partial charge in [-0.05, 0) is 25.5 Å². The van der Waals surface area contributed by atoms with E-state index in [0.717, 1.165) is 18.0 Å². The molecule has 104 valence electrons.